The van der Waals surface area contributed by atoms with Crippen LogP contribution in [-0.2, 0) is 0 Å². The molecule has 0 aliphatic carbocycles. The van der Waals surface area contributed by atoms with Crippen molar-refractivity contribution < 1.29 is 14.3 Å². The first-order valence-electron chi connectivity index (χ1n) is 7.44. The quantitative estimate of drug-likeness (QED) is 0.637. The summed E-state index contributed by atoms with van der Waals surface area (Å²) in [6, 6.07) is 12.3. The minimum absolute atomic E-state index is 0.332. The second kappa shape index (κ2) is 8.36. The molecule has 1 amide bonds. The van der Waals surface area contributed by atoms with Crippen molar-refractivity contribution in [2.24, 2.45) is 5.10 Å². The molecular weight excluding hydrogens is 328 g/mol. The predicted octanol–water partition coefficient (Wildman–Crippen LogP) is 3.90. The van der Waals surface area contributed by atoms with E-state index in [9.17, 15) is 4.79 Å². The number of methoxy groups -OCH3 is 2. The maximum atomic E-state index is 12.4. The summed E-state index contributed by atoms with van der Waals surface area (Å²) in [5.41, 5.74) is 4.56. The molecule has 126 valence electrons. The molecule has 0 bridgehead atoms. The summed E-state index contributed by atoms with van der Waals surface area (Å²) in [4.78, 5) is 12.4. The summed E-state index contributed by atoms with van der Waals surface area (Å²) in [5, 5.41) is 4.68. The lowest BCUT2D eigenvalue weighted by Crippen LogP contribution is -2.20. The van der Waals surface area contributed by atoms with E-state index in [-0.39, 0.29) is 5.91 Å². The molecule has 5 nitrogen and oxygen atoms in total. The summed E-state index contributed by atoms with van der Waals surface area (Å²) in [7, 11) is 3.11. The fourth-order valence-electron chi connectivity index (χ4n) is 2.17. The average molecular weight is 347 g/mol. The molecule has 0 spiro atoms. The Labute approximate surface area is 146 Å². The van der Waals surface area contributed by atoms with Crippen molar-refractivity contribution >= 4 is 23.2 Å². The molecule has 1 N–H and O–H groups in total. The van der Waals surface area contributed by atoms with Crippen LogP contribution in [0.1, 0.15) is 29.3 Å². The molecule has 0 atom stereocenters. The van der Waals surface area contributed by atoms with Gasteiger partial charge in [0.2, 0.25) is 0 Å². The van der Waals surface area contributed by atoms with Crippen molar-refractivity contribution in [3.63, 3.8) is 0 Å². The van der Waals surface area contributed by atoms with E-state index >= 15 is 0 Å². The van der Waals surface area contributed by atoms with Gasteiger partial charge in [0.15, 0.2) is 0 Å². The highest BCUT2D eigenvalue weighted by molar-refractivity contribution is 6.31. The molecule has 0 heterocycles. The lowest BCUT2D eigenvalue weighted by Gasteiger charge is -2.09. The van der Waals surface area contributed by atoms with E-state index in [1.807, 2.05) is 31.2 Å². The van der Waals surface area contributed by atoms with Gasteiger partial charge in [-0.3, -0.25) is 4.79 Å². The Kier molecular flexibility index (Phi) is 6.21. The van der Waals surface area contributed by atoms with Gasteiger partial charge in [-0.25, -0.2) is 5.43 Å². The lowest BCUT2D eigenvalue weighted by atomic mass is 10.1. The van der Waals surface area contributed by atoms with Gasteiger partial charge in [-0.05, 0) is 54.4 Å². The molecule has 0 unspecified atom stereocenters. The summed E-state index contributed by atoms with van der Waals surface area (Å²) in [6.45, 7) is 1.97. The van der Waals surface area contributed by atoms with E-state index in [0.29, 0.717) is 22.8 Å². The van der Waals surface area contributed by atoms with Crippen LogP contribution in [0.25, 0.3) is 0 Å². The predicted molar refractivity (Wildman–Crippen MR) is 95.3 cm³/mol. The third-order valence-electron chi connectivity index (χ3n) is 3.46. The smallest absolute Gasteiger partial charge is 0.275 e. The number of hydrazone groups is 1. The van der Waals surface area contributed by atoms with Gasteiger partial charge >= 0.3 is 0 Å². The van der Waals surface area contributed by atoms with Gasteiger partial charge in [-0.2, -0.15) is 5.10 Å². The molecule has 0 aliphatic rings. The Morgan fingerprint density at radius 3 is 2.42 bits per heavy atom. The van der Waals surface area contributed by atoms with Crippen LogP contribution >= 0.6 is 11.6 Å². The van der Waals surface area contributed by atoms with E-state index < -0.39 is 0 Å². The molecule has 2 aromatic carbocycles. The number of hydrogen-bond acceptors (Lipinski definition) is 4. The van der Waals surface area contributed by atoms with Crippen molar-refractivity contribution in [3.8, 4) is 11.5 Å². The highest BCUT2D eigenvalue weighted by Gasteiger charge is 2.13. The highest BCUT2D eigenvalue weighted by atomic mass is 35.5. The van der Waals surface area contributed by atoms with Gasteiger partial charge in [-0.15, -0.1) is 0 Å². The van der Waals surface area contributed by atoms with Crippen LogP contribution in [0, 0.1) is 0 Å². The molecule has 0 radical (unpaired) electrons. The molecule has 0 aromatic heterocycles. The summed E-state index contributed by atoms with van der Waals surface area (Å²) < 4.78 is 10.3. The molecular formula is C18H19ClN2O3. The van der Waals surface area contributed by atoms with Crippen LogP contribution < -0.4 is 14.9 Å². The number of nitrogens with zero attached hydrogens (tertiary/aromatic N) is 1. The third kappa shape index (κ3) is 4.26. The summed E-state index contributed by atoms with van der Waals surface area (Å²) in [5.74, 6) is 0.824. The van der Waals surface area contributed by atoms with Crippen LogP contribution in [0.15, 0.2) is 47.6 Å². The standard InChI is InChI=1S/C18H19ClN2O3/c1-4-16(12-5-8-14(23-2)9-6-12)20-21-18(22)15-11-13(19)7-10-17(15)24-3/h5-11H,4H2,1-3H3,(H,21,22)/b20-16+. The van der Waals surface area contributed by atoms with E-state index in [0.717, 1.165) is 17.0 Å². The number of halogens is 1. The van der Waals surface area contributed by atoms with Crippen molar-refractivity contribution in [1.82, 2.24) is 5.43 Å². The van der Waals surface area contributed by atoms with Crippen molar-refractivity contribution in [1.29, 1.82) is 0 Å². The van der Waals surface area contributed by atoms with Crippen LogP contribution in [0.2, 0.25) is 5.02 Å². The summed E-state index contributed by atoms with van der Waals surface area (Å²) in [6.07, 6.45) is 0.666. The van der Waals surface area contributed by atoms with Crippen LogP contribution in [0.5, 0.6) is 11.5 Å². The van der Waals surface area contributed by atoms with E-state index in [4.69, 9.17) is 21.1 Å². The zero-order chi connectivity index (χ0) is 17.5. The zero-order valence-electron chi connectivity index (χ0n) is 13.8. The topological polar surface area (TPSA) is 59.9 Å². The lowest BCUT2D eigenvalue weighted by molar-refractivity contribution is 0.0952. The number of ether oxygens (including phenoxy) is 2. The molecule has 0 saturated heterocycles. The van der Waals surface area contributed by atoms with Gasteiger partial charge in [0.25, 0.3) is 5.91 Å². The SMILES string of the molecule is CC/C(=N\NC(=O)c1cc(Cl)ccc1OC)c1ccc(OC)cc1. The number of rotatable bonds is 6. The maximum absolute atomic E-state index is 12.4. The molecule has 0 saturated carbocycles. The van der Waals surface area contributed by atoms with Crippen LogP contribution in [-0.4, -0.2) is 25.8 Å². The first kappa shape index (κ1) is 17.8. The highest BCUT2D eigenvalue weighted by Crippen LogP contribution is 2.22. The van der Waals surface area contributed by atoms with E-state index in [1.165, 1.54) is 7.11 Å². The molecule has 2 aromatic rings. The van der Waals surface area contributed by atoms with Crippen molar-refractivity contribution in [3.05, 3.63) is 58.6 Å². The monoisotopic (exact) mass is 346 g/mol. The van der Waals surface area contributed by atoms with Crippen LogP contribution in [0.3, 0.4) is 0 Å². The Balaban J connectivity index is 2.20. The second-order valence-corrected chi connectivity index (χ2v) is 5.36. The van der Waals surface area contributed by atoms with Gasteiger partial charge in [0.1, 0.15) is 11.5 Å². The minimum Gasteiger partial charge on any atom is -0.497 e. The van der Waals surface area contributed by atoms with Crippen molar-refractivity contribution in [2.75, 3.05) is 14.2 Å². The van der Waals surface area contributed by atoms with E-state index in [1.54, 1.807) is 25.3 Å². The normalized spacial score (nSPS) is 11.1. The molecule has 0 fully saturated rings. The van der Waals surface area contributed by atoms with Crippen molar-refractivity contribution in [2.45, 2.75) is 13.3 Å². The molecule has 2 rings (SSSR count). The number of carbonyl (C=O) groups is 1. The Morgan fingerprint density at radius 2 is 1.83 bits per heavy atom. The second-order valence-electron chi connectivity index (χ2n) is 4.93. The van der Waals surface area contributed by atoms with Gasteiger partial charge in [0, 0.05) is 5.02 Å². The fourth-order valence-corrected chi connectivity index (χ4v) is 2.34. The molecule has 24 heavy (non-hydrogen) atoms. The Bertz CT molecular complexity index is 742. The van der Waals surface area contributed by atoms with Crippen LogP contribution in [0.4, 0.5) is 0 Å². The summed E-state index contributed by atoms with van der Waals surface area (Å²) >= 11 is 5.95. The minimum atomic E-state index is -0.381. The average Bonchev–Trinajstić information content (AvgIpc) is 2.62. The van der Waals surface area contributed by atoms with E-state index in [2.05, 4.69) is 10.5 Å². The number of nitrogens with one attached hydrogen (secondary N) is 1. The van der Waals surface area contributed by atoms with Gasteiger partial charge in [0.05, 0.1) is 25.5 Å². The van der Waals surface area contributed by atoms with Gasteiger partial charge < -0.3 is 9.47 Å². The Hall–Kier alpha value is -2.53. The Morgan fingerprint density at radius 1 is 1.12 bits per heavy atom. The largest absolute Gasteiger partial charge is 0.497 e. The number of carbonyl (C=O) groups excluding carboxylic acids is 1. The number of benzene rings is 2. The van der Waals surface area contributed by atoms with Gasteiger partial charge in [-0.1, -0.05) is 18.5 Å². The molecule has 6 heteroatoms. The number of hydrogen-bond donors (Lipinski definition) is 1. The zero-order valence-corrected chi connectivity index (χ0v) is 14.6. The number of amides is 1. The first-order chi connectivity index (χ1) is 11.6. The fraction of sp³-hybridized carbons (Fsp3) is 0.222. The third-order valence-corrected chi connectivity index (χ3v) is 3.69. The molecule has 0 aliphatic heterocycles. The maximum Gasteiger partial charge on any atom is 0.275 e. The first-order valence-corrected chi connectivity index (χ1v) is 7.81.